The summed E-state index contributed by atoms with van der Waals surface area (Å²) in [4.78, 5) is 2.71. The molecule has 0 amide bonds. The summed E-state index contributed by atoms with van der Waals surface area (Å²) in [5.41, 5.74) is 6.05. The second-order valence-electron chi connectivity index (χ2n) is 5.59. The summed E-state index contributed by atoms with van der Waals surface area (Å²) in [5.74, 6) is 0.980. The van der Waals surface area contributed by atoms with Crippen molar-refractivity contribution in [1.29, 1.82) is 0 Å². The Balaban J connectivity index is 2.03. The standard InChI is InChI=1S/C13H26N2/c1-10(14)11(2)15-9-5-7-12-6-3-4-8-13(12)15/h10-13H,3-9,14H2,1-2H3/t10?,11?,12-,13-/m1/s1. The van der Waals surface area contributed by atoms with E-state index in [1.807, 2.05) is 0 Å². The molecule has 2 nitrogen and oxygen atoms in total. The fourth-order valence-electron chi connectivity index (χ4n) is 3.47. The number of hydrogen-bond donors (Lipinski definition) is 1. The van der Waals surface area contributed by atoms with Crippen LogP contribution in [0.2, 0.25) is 0 Å². The van der Waals surface area contributed by atoms with Gasteiger partial charge in [-0.3, -0.25) is 4.90 Å². The molecule has 1 aliphatic heterocycles. The van der Waals surface area contributed by atoms with Gasteiger partial charge < -0.3 is 5.73 Å². The summed E-state index contributed by atoms with van der Waals surface area (Å²) in [5, 5.41) is 0. The smallest absolute Gasteiger partial charge is 0.0219 e. The molecule has 0 radical (unpaired) electrons. The van der Waals surface area contributed by atoms with Gasteiger partial charge in [0.25, 0.3) is 0 Å². The van der Waals surface area contributed by atoms with Gasteiger partial charge in [0.15, 0.2) is 0 Å². The van der Waals surface area contributed by atoms with Crippen molar-refractivity contribution in [2.75, 3.05) is 6.54 Å². The average Bonchev–Trinajstić information content (AvgIpc) is 2.27. The molecule has 1 saturated heterocycles. The number of fused-ring (bicyclic) bond motifs is 1. The van der Waals surface area contributed by atoms with Crippen LogP contribution in [-0.2, 0) is 0 Å². The van der Waals surface area contributed by atoms with E-state index in [1.54, 1.807) is 0 Å². The van der Waals surface area contributed by atoms with Crippen molar-refractivity contribution in [3.05, 3.63) is 0 Å². The molecule has 2 N–H and O–H groups in total. The summed E-state index contributed by atoms with van der Waals surface area (Å²) in [6.45, 7) is 5.74. The van der Waals surface area contributed by atoms with Crippen molar-refractivity contribution in [3.63, 3.8) is 0 Å². The van der Waals surface area contributed by atoms with Crippen molar-refractivity contribution >= 4 is 0 Å². The molecule has 88 valence electrons. The highest BCUT2D eigenvalue weighted by Gasteiger charge is 2.35. The minimum absolute atomic E-state index is 0.311. The highest BCUT2D eigenvalue weighted by atomic mass is 15.2. The van der Waals surface area contributed by atoms with Gasteiger partial charge in [-0.25, -0.2) is 0 Å². The molecular formula is C13H26N2. The maximum atomic E-state index is 6.05. The molecule has 0 bridgehead atoms. The fourth-order valence-corrected chi connectivity index (χ4v) is 3.47. The van der Waals surface area contributed by atoms with E-state index in [0.29, 0.717) is 12.1 Å². The first kappa shape index (κ1) is 11.4. The number of rotatable bonds is 2. The van der Waals surface area contributed by atoms with Crippen LogP contribution >= 0.6 is 0 Å². The van der Waals surface area contributed by atoms with Crippen LogP contribution in [0.15, 0.2) is 0 Å². The molecule has 2 fully saturated rings. The molecule has 2 heteroatoms. The van der Waals surface area contributed by atoms with Crippen molar-refractivity contribution in [2.24, 2.45) is 11.7 Å². The van der Waals surface area contributed by atoms with Gasteiger partial charge in [-0.2, -0.15) is 0 Å². The third-order valence-electron chi connectivity index (χ3n) is 4.57. The van der Waals surface area contributed by atoms with Gasteiger partial charge in [0, 0.05) is 18.1 Å². The Kier molecular flexibility index (Phi) is 3.68. The third-order valence-corrected chi connectivity index (χ3v) is 4.57. The van der Waals surface area contributed by atoms with Gasteiger partial charge in [-0.15, -0.1) is 0 Å². The van der Waals surface area contributed by atoms with Gasteiger partial charge in [0.2, 0.25) is 0 Å². The number of piperidine rings is 1. The molecule has 0 aromatic rings. The monoisotopic (exact) mass is 210 g/mol. The Bertz CT molecular complexity index is 201. The van der Waals surface area contributed by atoms with Gasteiger partial charge >= 0.3 is 0 Å². The first-order chi connectivity index (χ1) is 7.20. The van der Waals surface area contributed by atoms with Crippen LogP contribution < -0.4 is 5.73 Å². The number of likely N-dealkylation sites (tertiary alicyclic amines) is 1. The Hall–Kier alpha value is -0.0800. The van der Waals surface area contributed by atoms with Gasteiger partial charge in [0.1, 0.15) is 0 Å². The zero-order valence-corrected chi connectivity index (χ0v) is 10.3. The van der Waals surface area contributed by atoms with Gasteiger partial charge in [0.05, 0.1) is 0 Å². The fraction of sp³-hybridized carbons (Fsp3) is 1.00. The molecule has 1 saturated carbocycles. The summed E-state index contributed by atoms with van der Waals surface area (Å²) in [6.07, 6.45) is 8.63. The molecule has 2 aliphatic rings. The van der Waals surface area contributed by atoms with Crippen LogP contribution in [0, 0.1) is 5.92 Å². The lowest BCUT2D eigenvalue weighted by molar-refractivity contribution is 0.0250. The number of nitrogens with two attached hydrogens (primary N) is 1. The van der Waals surface area contributed by atoms with E-state index >= 15 is 0 Å². The van der Waals surface area contributed by atoms with Gasteiger partial charge in [-0.05, 0) is 52.0 Å². The minimum atomic E-state index is 0.311. The lowest BCUT2D eigenvalue weighted by Gasteiger charge is -2.47. The predicted octanol–water partition coefficient (Wildman–Crippen LogP) is 2.38. The summed E-state index contributed by atoms with van der Waals surface area (Å²) in [7, 11) is 0. The molecule has 4 atom stereocenters. The third kappa shape index (κ3) is 2.36. The van der Waals surface area contributed by atoms with Crippen LogP contribution in [0.25, 0.3) is 0 Å². The summed E-state index contributed by atoms with van der Waals surface area (Å²) in [6, 6.07) is 1.73. The quantitative estimate of drug-likeness (QED) is 0.758. The Labute approximate surface area is 94.2 Å². The Morgan fingerprint density at radius 3 is 2.47 bits per heavy atom. The maximum Gasteiger partial charge on any atom is 0.0219 e. The lowest BCUT2D eigenvalue weighted by Crippen LogP contribution is -2.55. The van der Waals surface area contributed by atoms with E-state index in [2.05, 4.69) is 18.7 Å². The van der Waals surface area contributed by atoms with Crippen molar-refractivity contribution in [1.82, 2.24) is 4.90 Å². The molecule has 15 heavy (non-hydrogen) atoms. The molecule has 0 aromatic carbocycles. The largest absolute Gasteiger partial charge is 0.327 e. The van der Waals surface area contributed by atoms with Gasteiger partial charge in [-0.1, -0.05) is 12.8 Å². The second kappa shape index (κ2) is 4.84. The number of nitrogens with zero attached hydrogens (tertiary/aromatic N) is 1. The molecule has 0 spiro atoms. The van der Waals surface area contributed by atoms with E-state index in [0.717, 1.165) is 12.0 Å². The highest BCUT2D eigenvalue weighted by Crippen LogP contribution is 2.36. The number of hydrogen-bond acceptors (Lipinski definition) is 2. The second-order valence-corrected chi connectivity index (χ2v) is 5.59. The first-order valence-electron chi connectivity index (χ1n) is 6.71. The molecule has 2 unspecified atom stereocenters. The SMILES string of the molecule is CC(N)C(C)N1CCC[C@H]2CCCC[C@H]21. The van der Waals surface area contributed by atoms with Crippen molar-refractivity contribution in [2.45, 2.75) is 70.5 Å². The van der Waals surface area contributed by atoms with Crippen LogP contribution in [0.4, 0.5) is 0 Å². The topological polar surface area (TPSA) is 29.3 Å². The van der Waals surface area contributed by atoms with E-state index in [4.69, 9.17) is 5.73 Å². The predicted molar refractivity (Wildman–Crippen MR) is 64.8 cm³/mol. The highest BCUT2D eigenvalue weighted by molar-refractivity contribution is 4.91. The minimum Gasteiger partial charge on any atom is -0.327 e. The normalized spacial score (nSPS) is 37.0. The van der Waals surface area contributed by atoms with Crippen molar-refractivity contribution in [3.8, 4) is 0 Å². The Morgan fingerprint density at radius 2 is 1.73 bits per heavy atom. The molecule has 1 aliphatic carbocycles. The van der Waals surface area contributed by atoms with Crippen LogP contribution in [0.5, 0.6) is 0 Å². The zero-order valence-electron chi connectivity index (χ0n) is 10.3. The lowest BCUT2D eigenvalue weighted by atomic mass is 9.77. The van der Waals surface area contributed by atoms with Crippen LogP contribution in [0.1, 0.15) is 52.4 Å². The zero-order chi connectivity index (χ0) is 10.8. The maximum absolute atomic E-state index is 6.05. The van der Waals surface area contributed by atoms with E-state index in [1.165, 1.54) is 45.1 Å². The van der Waals surface area contributed by atoms with Crippen molar-refractivity contribution < 1.29 is 0 Å². The first-order valence-corrected chi connectivity index (χ1v) is 6.71. The van der Waals surface area contributed by atoms with E-state index in [9.17, 15) is 0 Å². The summed E-state index contributed by atoms with van der Waals surface area (Å²) >= 11 is 0. The average molecular weight is 210 g/mol. The van der Waals surface area contributed by atoms with E-state index < -0.39 is 0 Å². The summed E-state index contributed by atoms with van der Waals surface area (Å²) < 4.78 is 0. The van der Waals surface area contributed by atoms with Crippen LogP contribution in [0.3, 0.4) is 0 Å². The van der Waals surface area contributed by atoms with E-state index in [-0.39, 0.29) is 0 Å². The molecule has 0 aromatic heterocycles. The Morgan fingerprint density at radius 1 is 1.07 bits per heavy atom. The molecule has 2 rings (SSSR count). The molecule has 1 heterocycles. The molecular weight excluding hydrogens is 184 g/mol. The van der Waals surface area contributed by atoms with Crippen LogP contribution in [-0.4, -0.2) is 29.6 Å².